The molecule has 76 valence electrons. The van der Waals surface area contributed by atoms with Crippen molar-refractivity contribution in [2.45, 2.75) is 32.6 Å². The Morgan fingerprint density at radius 2 is 2.23 bits per heavy atom. The van der Waals surface area contributed by atoms with Crippen molar-refractivity contribution in [3.8, 4) is 0 Å². The summed E-state index contributed by atoms with van der Waals surface area (Å²) in [6.45, 7) is 4.35. The minimum atomic E-state index is 0.126. The number of carbonyl (C=O) groups is 1. The highest BCUT2D eigenvalue weighted by atomic mass is 16.1. The molecule has 1 aliphatic carbocycles. The molecule has 2 N–H and O–H groups in total. The zero-order chi connectivity index (χ0) is 9.52. The lowest BCUT2D eigenvalue weighted by Gasteiger charge is -2.25. The Bertz CT molecular complexity index is 155. The first kappa shape index (κ1) is 10.5. The smallest absolute Gasteiger partial charge is 0.233 e. The second-order valence-electron chi connectivity index (χ2n) is 3.78. The molecule has 0 aromatic carbocycles. The summed E-state index contributed by atoms with van der Waals surface area (Å²) in [5.74, 6) is 0.958. The van der Waals surface area contributed by atoms with Crippen LogP contribution in [0.25, 0.3) is 0 Å². The Hall–Kier alpha value is -0.570. The van der Waals surface area contributed by atoms with Crippen LogP contribution in [0.15, 0.2) is 0 Å². The van der Waals surface area contributed by atoms with Gasteiger partial charge in [0.1, 0.15) is 0 Å². The third-order valence-corrected chi connectivity index (χ3v) is 2.52. The number of nitrogens with one attached hydrogen (secondary N) is 2. The summed E-state index contributed by atoms with van der Waals surface area (Å²) in [6.07, 6.45) is 5.05. The summed E-state index contributed by atoms with van der Waals surface area (Å²) in [5, 5.41) is 6.02. The number of carbonyl (C=O) groups excluding carboxylic acids is 1. The molecule has 0 saturated heterocycles. The fourth-order valence-corrected chi connectivity index (χ4v) is 1.41. The van der Waals surface area contributed by atoms with Crippen molar-refractivity contribution in [3.63, 3.8) is 0 Å². The monoisotopic (exact) mass is 184 g/mol. The van der Waals surface area contributed by atoms with Crippen molar-refractivity contribution in [1.82, 2.24) is 10.6 Å². The lowest BCUT2D eigenvalue weighted by Crippen LogP contribution is -2.37. The van der Waals surface area contributed by atoms with Gasteiger partial charge in [-0.3, -0.25) is 4.79 Å². The van der Waals surface area contributed by atoms with Crippen molar-refractivity contribution >= 4 is 5.91 Å². The van der Waals surface area contributed by atoms with E-state index in [-0.39, 0.29) is 5.91 Å². The molecule has 1 aliphatic rings. The van der Waals surface area contributed by atoms with Gasteiger partial charge >= 0.3 is 0 Å². The van der Waals surface area contributed by atoms with E-state index in [4.69, 9.17) is 0 Å². The van der Waals surface area contributed by atoms with Crippen LogP contribution in [0.2, 0.25) is 0 Å². The van der Waals surface area contributed by atoms with E-state index in [1.54, 1.807) is 0 Å². The summed E-state index contributed by atoms with van der Waals surface area (Å²) in [7, 11) is 0. The molecule has 0 heterocycles. The molecule has 0 atom stereocenters. The Kier molecular flexibility index (Phi) is 4.83. The van der Waals surface area contributed by atoms with E-state index in [9.17, 15) is 4.79 Å². The van der Waals surface area contributed by atoms with Crippen LogP contribution in [0.4, 0.5) is 0 Å². The summed E-state index contributed by atoms with van der Waals surface area (Å²) in [4.78, 5) is 11.1. The summed E-state index contributed by atoms with van der Waals surface area (Å²) >= 11 is 0. The van der Waals surface area contributed by atoms with E-state index in [0.29, 0.717) is 6.54 Å². The highest BCUT2D eigenvalue weighted by Gasteiger charge is 2.16. The van der Waals surface area contributed by atoms with E-state index in [2.05, 4.69) is 17.6 Å². The summed E-state index contributed by atoms with van der Waals surface area (Å²) in [6, 6.07) is 0. The molecule has 0 aliphatic heterocycles. The minimum Gasteiger partial charge on any atom is -0.355 e. The minimum absolute atomic E-state index is 0.126. The van der Waals surface area contributed by atoms with Gasteiger partial charge in [0.15, 0.2) is 0 Å². The average Bonchev–Trinajstić information content (AvgIpc) is 2.06. The first-order chi connectivity index (χ1) is 6.33. The predicted molar refractivity (Wildman–Crippen MR) is 53.5 cm³/mol. The van der Waals surface area contributed by atoms with Crippen molar-refractivity contribution in [1.29, 1.82) is 0 Å². The molecule has 0 spiro atoms. The van der Waals surface area contributed by atoms with Crippen LogP contribution in [0.1, 0.15) is 32.6 Å². The van der Waals surface area contributed by atoms with Gasteiger partial charge in [-0.1, -0.05) is 13.3 Å². The molecule has 0 radical (unpaired) electrons. The molecule has 0 unspecified atom stereocenters. The third kappa shape index (κ3) is 4.27. The van der Waals surface area contributed by atoms with Gasteiger partial charge in [-0.2, -0.15) is 0 Å². The Morgan fingerprint density at radius 1 is 1.46 bits per heavy atom. The van der Waals surface area contributed by atoms with Crippen molar-refractivity contribution in [3.05, 3.63) is 0 Å². The largest absolute Gasteiger partial charge is 0.355 e. The maximum absolute atomic E-state index is 11.1. The zero-order valence-electron chi connectivity index (χ0n) is 8.44. The van der Waals surface area contributed by atoms with Gasteiger partial charge in [-0.05, 0) is 31.7 Å². The topological polar surface area (TPSA) is 41.1 Å². The van der Waals surface area contributed by atoms with E-state index < -0.39 is 0 Å². The van der Waals surface area contributed by atoms with Crippen LogP contribution in [0.5, 0.6) is 0 Å². The summed E-state index contributed by atoms with van der Waals surface area (Å²) < 4.78 is 0. The molecule has 1 saturated carbocycles. The fraction of sp³-hybridized carbons (Fsp3) is 0.900. The fourth-order valence-electron chi connectivity index (χ4n) is 1.41. The standard InChI is InChI=1S/C10H20N2O/c1-2-6-12-10(13)8-11-7-9-4-3-5-9/h9,11H,2-8H2,1H3,(H,12,13). The highest BCUT2D eigenvalue weighted by molar-refractivity contribution is 5.77. The molecular formula is C10H20N2O. The van der Waals surface area contributed by atoms with Crippen LogP contribution in [0.3, 0.4) is 0 Å². The zero-order valence-corrected chi connectivity index (χ0v) is 8.44. The Balaban J connectivity index is 1.88. The number of rotatable bonds is 6. The van der Waals surface area contributed by atoms with Gasteiger partial charge < -0.3 is 10.6 Å². The first-order valence-electron chi connectivity index (χ1n) is 5.30. The molecule has 1 rings (SSSR count). The molecule has 0 aromatic heterocycles. The maximum Gasteiger partial charge on any atom is 0.233 e. The molecule has 0 bridgehead atoms. The van der Waals surface area contributed by atoms with Crippen LogP contribution >= 0.6 is 0 Å². The van der Waals surface area contributed by atoms with Crippen LogP contribution in [0, 0.1) is 5.92 Å². The average molecular weight is 184 g/mol. The third-order valence-electron chi connectivity index (χ3n) is 2.52. The summed E-state index contributed by atoms with van der Waals surface area (Å²) in [5.41, 5.74) is 0. The maximum atomic E-state index is 11.1. The molecule has 3 heteroatoms. The predicted octanol–water partition coefficient (Wildman–Crippen LogP) is 0.902. The number of hydrogen-bond donors (Lipinski definition) is 2. The number of amides is 1. The molecule has 1 fully saturated rings. The molecule has 13 heavy (non-hydrogen) atoms. The quantitative estimate of drug-likeness (QED) is 0.644. The van der Waals surface area contributed by atoms with Gasteiger partial charge in [0, 0.05) is 6.54 Å². The van der Waals surface area contributed by atoms with Crippen LogP contribution in [-0.4, -0.2) is 25.5 Å². The van der Waals surface area contributed by atoms with Gasteiger partial charge in [0.25, 0.3) is 0 Å². The lowest BCUT2D eigenvalue weighted by molar-refractivity contribution is -0.120. The molecule has 3 nitrogen and oxygen atoms in total. The Morgan fingerprint density at radius 3 is 2.77 bits per heavy atom. The normalized spacial score (nSPS) is 16.7. The number of hydrogen-bond acceptors (Lipinski definition) is 2. The van der Waals surface area contributed by atoms with Crippen molar-refractivity contribution in [2.75, 3.05) is 19.6 Å². The van der Waals surface area contributed by atoms with E-state index in [0.717, 1.165) is 25.4 Å². The van der Waals surface area contributed by atoms with E-state index >= 15 is 0 Å². The van der Waals surface area contributed by atoms with Crippen LogP contribution in [-0.2, 0) is 4.79 Å². The first-order valence-corrected chi connectivity index (χ1v) is 5.30. The molecule has 0 aromatic rings. The van der Waals surface area contributed by atoms with Gasteiger partial charge in [-0.25, -0.2) is 0 Å². The van der Waals surface area contributed by atoms with Gasteiger partial charge in [0.05, 0.1) is 6.54 Å². The van der Waals surface area contributed by atoms with Gasteiger partial charge in [0.2, 0.25) is 5.91 Å². The van der Waals surface area contributed by atoms with E-state index in [1.165, 1.54) is 19.3 Å². The second-order valence-corrected chi connectivity index (χ2v) is 3.78. The van der Waals surface area contributed by atoms with Gasteiger partial charge in [-0.15, -0.1) is 0 Å². The van der Waals surface area contributed by atoms with Crippen molar-refractivity contribution in [2.24, 2.45) is 5.92 Å². The van der Waals surface area contributed by atoms with Crippen molar-refractivity contribution < 1.29 is 4.79 Å². The van der Waals surface area contributed by atoms with Crippen LogP contribution < -0.4 is 10.6 Å². The molecular weight excluding hydrogens is 164 g/mol. The molecule has 1 amide bonds. The SMILES string of the molecule is CCCNC(=O)CNCC1CCC1. The second kappa shape index (κ2) is 5.97. The van der Waals surface area contributed by atoms with E-state index in [1.807, 2.05) is 0 Å². The Labute approximate surface area is 80.3 Å². The highest BCUT2D eigenvalue weighted by Crippen LogP contribution is 2.24. The lowest BCUT2D eigenvalue weighted by atomic mass is 9.85.